The van der Waals surface area contributed by atoms with Gasteiger partial charge in [0.15, 0.2) is 5.13 Å². The third kappa shape index (κ3) is 4.96. The van der Waals surface area contributed by atoms with Gasteiger partial charge in [0.25, 0.3) is 5.91 Å². The molecule has 0 fully saturated rings. The van der Waals surface area contributed by atoms with Crippen molar-refractivity contribution in [2.75, 3.05) is 32.1 Å². The molecule has 1 aromatic heterocycles. The molecule has 2 aromatic carbocycles. The topological polar surface area (TPSA) is 36.4 Å². The van der Waals surface area contributed by atoms with E-state index in [9.17, 15) is 9.18 Å². The van der Waals surface area contributed by atoms with Crippen LogP contribution in [0.1, 0.15) is 15.9 Å². The highest BCUT2D eigenvalue weighted by atomic mass is 35.5. The van der Waals surface area contributed by atoms with Gasteiger partial charge >= 0.3 is 0 Å². The number of nitrogens with zero attached hydrogens (tertiary/aromatic N) is 3. The summed E-state index contributed by atoms with van der Waals surface area (Å²) in [5.74, 6) is -0.568. The molecule has 0 radical (unpaired) electrons. The van der Waals surface area contributed by atoms with Crippen molar-refractivity contribution in [1.82, 2.24) is 9.88 Å². The summed E-state index contributed by atoms with van der Waals surface area (Å²) in [5, 5.41) is 1.26. The molecule has 0 atom stereocenters. The Bertz CT molecular complexity index is 944. The number of carbonyl (C=O) groups excluding carboxylic acids is 1. The molecule has 1 heterocycles. The standard InChI is InChI=1S/C19H19ClFN3OS.ClH/c1-12-10-14(20)11-16-17(12)22-19(26-16)24(9-8-23(2)3)18(25)13-4-6-15(21)7-5-13;/h4-7,10-11H,8-9H2,1-3H3;1H. The summed E-state index contributed by atoms with van der Waals surface area (Å²) in [7, 11) is 3.89. The molecule has 0 saturated heterocycles. The number of likely N-dealkylation sites (N-methyl/N-ethyl adjacent to an activating group) is 1. The number of amides is 1. The predicted octanol–water partition coefficient (Wildman–Crippen LogP) is 5.03. The first-order chi connectivity index (χ1) is 12.3. The van der Waals surface area contributed by atoms with Gasteiger partial charge in [-0.05, 0) is 63.0 Å². The summed E-state index contributed by atoms with van der Waals surface area (Å²) in [5.41, 5.74) is 2.24. The van der Waals surface area contributed by atoms with E-state index in [1.54, 1.807) is 4.90 Å². The average Bonchev–Trinajstić information content (AvgIpc) is 2.99. The molecule has 0 aliphatic carbocycles. The van der Waals surface area contributed by atoms with Crippen LogP contribution in [0.5, 0.6) is 0 Å². The summed E-state index contributed by atoms with van der Waals surface area (Å²) in [6.45, 7) is 3.11. The van der Waals surface area contributed by atoms with Crippen molar-refractivity contribution in [3.8, 4) is 0 Å². The fourth-order valence-electron chi connectivity index (χ4n) is 2.59. The SMILES string of the molecule is Cc1cc(Cl)cc2sc(N(CCN(C)C)C(=O)c3ccc(F)cc3)nc12.Cl. The normalized spacial score (nSPS) is 10.9. The van der Waals surface area contributed by atoms with Crippen LogP contribution in [0.4, 0.5) is 9.52 Å². The summed E-state index contributed by atoms with van der Waals surface area (Å²) in [6.07, 6.45) is 0. The minimum Gasteiger partial charge on any atom is -0.308 e. The van der Waals surface area contributed by atoms with Gasteiger partial charge in [-0.15, -0.1) is 12.4 Å². The Balaban J connectivity index is 0.00000261. The molecular formula is C19H20Cl2FN3OS. The largest absolute Gasteiger partial charge is 0.308 e. The van der Waals surface area contributed by atoms with E-state index in [2.05, 4.69) is 4.98 Å². The Morgan fingerprint density at radius 2 is 1.85 bits per heavy atom. The molecule has 0 spiro atoms. The summed E-state index contributed by atoms with van der Waals surface area (Å²) in [6, 6.07) is 9.29. The van der Waals surface area contributed by atoms with E-state index in [0.717, 1.165) is 15.8 Å². The molecule has 8 heteroatoms. The van der Waals surface area contributed by atoms with Crippen molar-refractivity contribution >= 4 is 56.6 Å². The van der Waals surface area contributed by atoms with E-state index in [0.29, 0.717) is 28.8 Å². The molecule has 0 aliphatic rings. The van der Waals surface area contributed by atoms with Crippen LogP contribution in [-0.2, 0) is 0 Å². The van der Waals surface area contributed by atoms with E-state index < -0.39 is 0 Å². The van der Waals surface area contributed by atoms with Crippen LogP contribution < -0.4 is 4.90 Å². The summed E-state index contributed by atoms with van der Waals surface area (Å²) >= 11 is 7.57. The minimum atomic E-state index is -0.369. The smallest absolute Gasteiger partial charge is 0.260 e. The lowest BCUT2D eigenvalue weighted by Gasteiger charge is -2.22. The molecule has 0 saturated carbocycles. The first-order valence-corrected chi connectivity index (χ1v) is 9.33. The minimum absolute atomic E-state index is 0. The number of thiazole rings is 1. The number of carbonyl (C=O) groups is 1. The van der Waals surface area contributed by atoms with Gasteiger partial charge in [0.2, 0.25) is 0 Å². The maximum absolute atomic E-state index is 13.2. The maximum atomic E-state index is 13.2. The molecule has 0 N–H and O–H groups in total. The van der Waals surface area contributed by atoms with E-state index >= 15 is 0 Å². The van der Waals surface area contributed by atoms with Gasteiger partial charge in [0, 0.05) is 23.7 Å². The number of aryl methyl sites for hydroxylation is 1. The number of fused-ring (bicyclic) bond motifs is 1. The van der Waals surface area contributed by atoms with Gasteiger partial charge in [-0.3, -0.25) is 9.69 Å². The molecule has 0 unspecified atom stereocenters. The van der Waals surface area contributed by atoms with E-state index in [1.807, 2.05) is 38.1 Å². The monoisotopic (exact) mass is 427 g/mol. The lowest BCUT2D eigenvalue weighted by atomic mass is 10.2. The number of rotatable bonds is 5. The Kier molecular flexibility index (Phi) is 7.17. The first-order valence-electron chi connectivity index (χ1n) is 8.14. The van der Waals surface area contributed by atoms with Crippen LogP contribution in [0.25, 0.3) is 10.2 Å². The highest BCUT2D eigenvalue weighted by Crippen LogP contribution is 2.33. The first kappa shape index (κ1) is 21.6. The summed E-state index contributed by atoms with van der Waals surface area (Å²) in [4.78, 5) is 21.3. The Morgan fingerprint density at radius 1 is 1.19 bits per heavy atom. The third-order valence-electron chi connectivity index (χ3n) is 3.98. The Hall–Kier alpha value is -1.73. The lowest BCUT2D eigenvalue weighted by Crippen LogP contribution is -2.36. The van der Waals surface area contributed by atoms with Gasteiger partial charge < -0.3 is 4.90 Å². The molecule has 3 aromatic rings. The molecule has 27 heavy (non-hydrogen) atoms. The number of hydrogen-bond donors (Lipinski definition) is 0. The van der Waals surface area contributed by atoms with Crippen molar-refractivity contribution in [3.63, 3.8) is 0 Å². The van der Waals surface area contributed by atoms with Crippen LogP contribution in [0.3, 0.4) is 0 Å². The second-order valence-electron chi connectivity index (χ2n) is 6.33. The van der Waals surface area contributed by atoms with E-state index in [-0.39, 0.29) is 24.1 Å². The Labute approximate surface area is 173 Å². The average molecular weight is 428 g/mol. The zero-order chi connectivity index (χ0) is 18.8. The molecular weight excluding hydrogens is 408 g/mol. The number of halogens is 3. The van der Waals surface area contributed by atoms with Crippen molar-refractivity contribution in [2.45, 2.75) is 6.92 Å². The Morgan fingerprint density at radius 3 is 2.48 bits per heavy atom. The van der Waals surface area contributed by atoms with Crippen LogP contribution in [-0.4, -0.2) is 43.0 Å². The summed E-state index contributed by atoms with van der Waals surface area (Å²) < 4.78 is 14.1. The van der Waals surface area contributed by atoms with Crippen LogP contribution >= 0.6 is 35.3 Å². The highest BCUT2D eigenvalue weighted by molar-refractivity contribution is 7.22. The second kappa shape index (κ2) is 8.97. The van der Waals surface area contributed by atoms with Gasteiger partial charge in [-0.2, -0.15) is 0 Å². The molecule has 4 nitrogen and oxygen atoms in total. The van der Waals surface area contributed by atoms with Crippen molar-refractivity contribution in [1.29, 1.82) is 0 Å². The highest BCUT2D eigenvalue weighted by Gasteiger charge is 2.22. The third-order valence-corrected chi connectivity index (χ3v) is 5.22. The predicted molar refractivity (Wildman–Crippen MR) is 113 cm³/mol. The van der Waals surface area contributed by atoms with E-state index in [4.69, 9.17) is 11.6 Å². The molecule has 0 bridgehead atoms. The van der Waals surface area contributed by atoms with Crippen molar-refractivity contribution in [3.05, 3.63) is 58.4 Å². The van der Waals surface area contributed by atoms with Crippen molar-refractivity contribution in [2.24, 2.45) is 0 Å². The number of aromatic nitrogens is 1. The maximum Gasteiger partial charge on any atom is 0.260 e. The van der Waals surface area contributed by atoms with Crippen LogP contribution in [0.2, 0.25) is 5.02 Å². The quantitative estimate of drug-likeness (QED) is 0.572. The fourth-order valence-corrected chi connectivity index (χ4v) is 4.04. The zero-order valence-corrected chi connectivity index (χ0v) is 17.6. The van der Waals surface area contributed by atoms with Crippen LogP contribution in [0, 0.1) is 12.7 Å². The van der Waals surface area contributed by atoms with Gasteiger partial charge in [-0.25, -0.2) is 9.37 Å². The zero-order valence-electron chi connectivity index (χ0n) is 15.2. The van der Waals surface area contributed by atoms with Crippen molar-refractivity contribution < 1.29 is 9.18 Å². The van der Waals surface area contributed by atoms with E-state index in [1.165, 1.54) is 35.6 Å². The fraction of sp³-hybridized carbons (Fsp3) is 0.263. The molecule has 1 amide bonds. The van der Waals surface area contributed by atoms with Crippen LogP contribution in [0.15, 0.2) is 36.4 Å². The van der Waals surface area contributed by atoms with Gasteiger partial charge in [-0.1, -0.05) is 22.9 Å². The number of benzene rings is 2. The van der Waals surface area contributed by atoms with Gasteiger partial charge in [0.05, 0.1) is 10.2 Å². The van der Waals surface area contributed by atoms with Gasteiger partial charge in [0.1, 0.15) is 5.82 Å². The second-order valence-corrected chi connectivity index (χ2v) is 7.78. The molecule has 3 rings (SSSR count). The lowest BCUT2D eigenvalue weighted by molar-refractivity contribution is 0.0985. The molecule has 0 aliphatic heterocycles. The molecule has 144 valence electrons. The number of anilines is 1. The number of hydrogen-bond acceptors (Lipinski definition) is 4.